The zero-order chi connectivity index (χ0) is 21.3. The zero-order valence-corrected chi connectivity index (χ0v) is 16.8. The molecule has 0 saturated heterocycles. The average Bonchev–Trinajstić information content (AvgIpc) is 2.74. The standard InChI is InChI=1S/C24H24FN3O2/c1-28(16-19-11-5-7-13-21(19)25)17-23(29)27-22-14-8-6-12-20(22)24(30)26-15-18-9-3-2-4-10-18/h2-14H,15-17H2,1H3,(H,26,30)(H,27,29)/p+1. The van der Waals surface area contributed by atoms with E-state index in [4.69, 9.17) is 0 Å². The van der Waals surface area contributed by atoms with Gasteiger partial charge in [-0.25, -0.2) is 4.39 Å². The van der Waals surface area contributed by atoms with Crippen LogP contribution in [0, 0.1) is 5.82 Å². The number of quaternary nitrogens is 1. The number of halogens is 1. The molecule has 1 unspecified atom stereocenters. The first-order valence-corrected chi connectivity index (χ1v) is 9.78. The molecule has 3 aromatic carbocycles. The average molecular weight is 406 g/mol. The number of amides is 2. The molecule has 3 rings (SSSR count). The predicted octanol–water partition coefficient (Wildman–Crippen LogP) is 2.41. The normalized spacial score (nSPS) is 11.5. The summed E-state index contributed by atoms with van der Waals surface area (Å²) in [5.41, 5.74) is 2.40. The van der Waals surface area contributed by atoms with Crippen LogP contribution in [0.25, 0.3) is 0 Å². The number of rotatable bonds is 8. The van der Waals surface area contributed by atoms with Gasteiger partial charge in [-0.3, -0.25) is 9.59 Å². The lowest BCUT2D eigenvalue weighted by molar-refractivity contribution is -0.885. The van der Waals surface area contributed by atoms with Gasteiger partial charge in [-0.1, -0.05) is 60.7 Å². The molecule has 0 heterocycles. The molecule has 0 aromatic heterocycles. The van der Waals surface area contributed by atoms with Crippen LogP contribution in [0.1, 0.15) is 21.5 Å². The number of anilines is 1. The highest BCUT2D eigenvalue weighted by Crippen LogP contribution is 2.15. The number of hydrogen-bond acceptors (Lipinski definition) is 2. The summed E-state index contributed by atoms with van der Waals surface area (Å²) in [6.45, 7) is 0.936. The Labute approximate surface area is 175 Å². The second-order valence-electron chi connectivity index (χ2n) is 7.16. The summed E-state index contributed by atoms with van der Waals surface area (Å²) in [5.74, 6) is -0.786. The molecule has 6 heteroatoms. The van der Waals surface area contributed by atoms with Crippen LogP contribution < -0.4 is 15.5 Å². The van der Waals surface area contributed by atoms with Crippen molar-refractivity contribution in [1.82, 2.24) is 5.32 Å². The molecule has 154 valence electrons. The lowest BCUT2D eigenvalue weighted by Gasteiger charge is -2.15. The Kier molecular flexibility index (Phi) is 7.29. The number of nitrogens with one attached hydrogen (secondary N) is 3. The van der Waals surface area contributed by atoms with Crippen LogP contribution in [0.3, 0.4) is 0 Å². The van der Waals surface area contributed by atoms with Gasteiger partial charge in [0.2, 0.25) is 0 Å². The van der Waals surface area contributed by atoms with Crippen molar-refractivity contribution in [3.8, 4) is 0 Å². The summed E-state index contributed by atoms with van der Waals surface area (Å²) in [7, 11) is 1.82. The van der Waals surface area contributed by atoms with E-state index >= 15 is 0 Å². The van der Waals surface area contributed by atoms with Crippen molar-refractivity contribution in [3.63, 3.8) is 0 Å². The van der Waals surface area contributed by atoms with Gasteiger partial charge in [-0.05, 0) is 23.8 Å². The molecule has 0 radical (unpaired) electrons. The molecule has 0 bridgehead atoms. The molecule has 0 aliphatic carbocycles. The fourth-order valence-electron chi connectivity index (χ4n) is 3.16. The van der Waals surface area contributed by atoms with Gasteiger partial charge in [-0.2, -0.15) is 0 Å². The van der Waals surface area contributed by atoms with Gasteiger partial charge in [-0.15, -0.1) is 0 Å². The second-order valence-corrected chi connectivity index (χ2v) is 7.16. The van der Waals surface area contributed by atoms with Gasteiger partial charge in [0.1, 0.15) is 12.4 Å². The van der Waals surface area contributed by atoms with Gasteiger partial charge >= 0.3 is 0 Å². The maximum atomic E-state index is 13.8. The molecule has 0 saturated carbocycles. The first-order valence-electron chi connectivity index (χ1n) is 9.78. The maximum absolute atomic E-state index is 13.8. The van der Waals surface area contributed by atoms with Crippen LogP contribution >= 0.6 is 0 Å². The zero-order valence-electron chi connectivity index (χ0n) is 16.8. The minimum Gasteiger partial charge on any atom is -0.348 e. The van der Waals surface area contributed by atoms with Crippen molar-refractivity contribution in [2.45, 2.75) is 13.1 Å². The van der Waals surface area contributed by atoms with E-state index < -0.39 is 0 Å². The fourth-order valence-corrected chi connectivity index (χ4v) is 3.16. The van der Waals surface area contributed by atoms with Gasteiger partial charge < -0.3 is 15.5 Å². The van der Waals surface area contributed by atoms with E-state index in [0.717, 1.165) is 10.5 Å². The van der Waals surface area contributed by atoms with E-state index in [1.54, 1.807) is 42.5 Å². The van der Waals surface area contributed by atoms with Crippen molar-refractivity contribution in [2.75, 3.05) is 18.9 Å². The number of hydrogen-bond donors (Lipinski definition) is 3. The van der Waals surface area contributed by atoms with E-state index in [9.17, 15) is 14.0 Å². The number of carbonyl (C=O) groups is 2. The Morgan fingerprint density at radius 2 is 1.57 bits per heavy atom. The van der Waals surface area contributed by atoms with E-state index in [1.807, 2.05) is 37.4 Å². The number of carbonyl (C=O) groups excluding carboxylic acids is 2. The molecule has 0 aliphatic heterocycles. The summed E-state index contributed by atoms with van der Waals surface area (Å²) < 4.78 is 13.8. The molecule has 1 atom stereocenters. The number of likely N-dealkylation sites (N-methyl/N-ethyl adjacent to an activating group) is 1. The van der Waals surface area contributed by atoms with Gasteiger partial charge in [0, 0.05) is 12.1 Å². The van der Waals surface area contributed by atoms with Crippen LogP contribution in [-0.4, -0.2) is 25.4 Å². The Balaban J connectivity index is 1.59. The molecule has 3 aromatic rings. The minimum absolute atomic E-state index is 0.147. The quantitative estimate of drug-likeness (QED) is 0.538. The summed E-state index contributed by atoms with van der Waals surface area (Å²) in [5, 5.41) is 5.68. The monoisotopic (exact) mass is 406 g/mol. The lowest BCUT2D eigenvalue weighted by Crippen LogP contribution is -3.08. The third kappa shape index (κ3) is 5.99. The number of para-hydroxylation sites is 1. The molecule has 2 amide bonds. The topological polar surface area (TPSA) is 62.6 Å². The summed E-state index contributed by atoms with van der Waals surface area (Å²) >= 11 is 0. The van der Waals surface area contributed by atoms with Crippen LogP contribution in [0.5, 0.6) is 0 Å². The highest BCUT2D eigenvalue weighted by molar-refractivity contribution is 6.03. The summed E-state index contributed by atoms with van der Waals surface area (Å²) in [4.78, 5) is 25.9. The predicted molar refractivity (Wildman–Crippen MR) is 115 cm³/mol. The van der Waals surface area contributed by atoms with Gasteiger partial charge in [0.25, 0.3) is 11.8 Å². The van der Waals surface area contributed by atoms with E-state index in [2.05, 4.69) is 10.6 Å². The minimum atomic E-state index is -0.280. The van der Waals surface area contributed by atoms with E-state index in [0.29, 0.717) is 29.9 Å². The second kappa shape index (κ2) is 10.3. The smallest absolute Gasteiger partial charge is 0.279 e. The van der Waals surface area contributed by atoms with Crippen LogP contribution in [0.4, 0.5) is 10.1 Å². The van der Waals surface area contributed by atoms with Crippen LogP contribution in [0.15, 0.2) is 78.9 Å². The van der Waals surface area contributed by atoms with Crippen molar-refractivity contribution in [1.29, 1.82) is 0 Å². The summed E-state index contributed by atoms with van der Waals surface area (Å²) in [6.07, 6.45) is 0. The Morgan fingerprint density at radius 3 is 2.33 bits per heavy atom. The molecule has 5 nitrogen and oxygen atoms in total. The fraction of sp³-hybridized carbons (Fsp3) is 0.167. The first-order chi connectivity index (χ1) is 14.5. The highest BCUT2D eigenvalue weighted by atomic mass is 19.1. The Hall–Kier alpha value is -3.51. The first kappa shape index (κ1) is 21.2. The van der Waals surface area contributed by atoms with E-state index in [-0.39, 0.29) is 24.2 Å². The largest absolute Gasteiger partial charge is 0.348 e. The Bertz CT molecular complexity index is 1010. The Morgan fingerprint density at radius 1 is 0.900 bits per heavy atom. The molecule has 0 spiro atoms. The maximum Gasteiger partial charge on any atom is 0.279 e. The lowest BCUT2D eigenvalue weighted by atomic mass is 10.1. The van der Waals surface area contributed by atoms with Crippen molar-refractivity contribution in [3.05, 3.63) is 101 Å². The molecule has 0 aliphatic rings. The highest BCUT2D eigenvalue weighted by Gasteiger charge is 2.16. The molecule has 0 fully saturated rings. The molecule has 3 N–H and O–H groups in total. The van der Waals surface area contributed by atoms with Crippen molar-refractivity contribution >= 4 is 17.5 Å². The van der Waals surface area contributed by atoms with E-state index in [1.165, 1.54) is 6.07 Å². The summed E-state index contributed by atoms with van der Waals surface area (Å²) in [6, 6.07) is 23.0. The number of benzene rings is 3. The third-order valence-electron chi connectivity index (χ3n) is 4.65. The third-order valence-corrected chi connectivity index (χ3v) is 4.65. The molecular weight excluding hydrogens is 381 g/mol. The van der Waals surface area contributed by atoms with Gasteiger partial charge in [0.05, 0.1) is 18.3 Å². The van der Waals surface area contributed by atoms with Crippen LogP contribution in [-0.2, 0) is 17.9 Å². The molecule has 30 heavy (non-hydrogen) atoms. The SMILES string of the molecule is C[NH+](CC(=O)Nc1ccccc1C(=O)NCc1ccccc1)Cc1ccccc1F. The molecular formula is C24H25FN3O2+. The van der Waals surface area contributed by atoms with Gasteiger partial charge in [0.15, 0.2) is 6.54 Å². The van der Waals surface area contributed by atoms with Crippen LogP contribution in [0.2, 0.25) is 0 Å². The van der Waals surface area contributed by atoms with Crippen molar-refractivity contribution in [2.24, 2.45) is 0 Å². The van der Waals surface area contributed by atoms with Crippen molar-refractivity contribution < 1.29 is 18.9 Å².